The van der Waals surface area contributed by atoms with Crippen molar-refractivity contribution in [2.24, 2.45) is 0 Å². The van der Waals surface area contributed by atoms with Gasteiger partial charge in [-0.1, -0.05) is 41.9 Å². The van der Waals surface area contributed by atoms with Gasteiger partial charge in [0.2, 0.25) is 0 Å². The fraction of sp³-hybridized carbons (Fsp3) is 0.0714. The Morgan fingerprint density at radius 1 is 1.11 bits per heavy atom. The highest BCUT2D eigenvalue weighted by atomic mass is 35.5. The van der Waals surface area contributed by atoms with E-state index in [2.05, 4.69) is 0 Å². The normalized spacial score (nSPS) is 16.4. The molecule has 1 heterocycles. The van der Waals surface area contributed by atoms with Gasteiger partial charge < -0.3 is 9.84 Å². The third-order valence-corrected chi connectivity index (χ3v) is 3.30. The van der Waals surface area contributed by atoms with Crippen LogP contribution in [0.1, 0.15) is 17.0 Å². The summed E-state index contributed by atoms with van der Waals surface area (Å²) in [6, 6.07) is 12.3. The van der Waals surface area contributed by atoms with Gasteiger partial charge in [0, 0.05) is 11.1 Å². The minimum atomic E-state index is -0.908. The maximum atomic E-state index is 11.5. The van der Waals surface area contributed by atoms with E-state index < -0.39 is 11.9 Å². The van der Waals surface area contributed by atoms with E-state index in [9.17, 15) is 9.90 Å². The SMILES string of the molecule is O=C(O)[C@H]1c2ccccc2Oc2c(Cl)cccc21. The minimum absolute atomic E-state index is 0.424. The lowest BCUT2D eigenvalue weighted by molar-refractivity contribution is -0.137. The quantitative estimate of drug-likeness (QED) is 0.851. The first kappa shape index (κ1) is 11.1. The lowest BCUT2D eigenvalue weighted by Gasteiger charge is -2.26. The summed E-state index contributed by atoms with van der Waals surface area (Å²) in [4.78, 5) is 11.5. The Morgan fingerprint density at radius 3 is 2.61 bits per heavy atom. The number of halogens is 1. The molecule has 4 heteroatoms. The molecule has 3 nitrogen and oxygen atoms in total. The molecule has 18 heavy (non-hydrogen) atoms. The largest absolute Gasteiger partial charge is 0.481 e. The Hall–Kier alpha value is -2.00. The van der Waals surface area contributed by atoms with E-state index in [1.54, 1.807) is 42.5 Å². The molecule has 0 radical (unpaired) electrons. The van der Waals surface area contributed by atoms with Crippen LogP contribution in [0.4, 0.5) is 0 Å². The topological polar surface area (TPSA) is 46.5 Å². The maximum Gasteiger partial charge on any atom is 0.315 e. The standard InChI is InChI=1S/C14H9ClO3/c15-10-6-3-5-9-12(14(16)17)8-4-1-2-7-11(8)18-13(9)10/h1-7,12H,(H,16,17)/t12-/m0/s1. The van der Waals surface area contributed by atoms with Crippen molar-refractivity contribution in [2.75, 3.05) is 0 Å². The summed E-state index contributed by atoms with van der Waals surface area (Å²) in [5.74, 6) is -0.659. The second kappa shape index (κ2) is 4.03. The average Bonchev–Trinajstić information content (AvgIpc) is 2.36. The molecule has 1 aliphatic rings. The molecule has 0 bridgehead atoms. The van der Waals surface area contributed by atoms with E-state index in [0.717, 1.165) is 0 Å². The minimum Gasteiger partial charge on any atom is -0.481 e. The summed E-state index contributed by atoms with van der Waals surface area (Å²) in [6.07, 6.45) is 0. The molecule has 0 aromatic heterocycles. The van der Waals surface area contributed by atoms with E-state index in [1.165, 1.54) is 0 Å². The maximum absolute atomic E-state index is 11.5. The van der Waals surface area contributed by atoms with Crippen LogP contribution in [-0.2, 0) is 4.79 Å². The zero-order valence-electron chi connectivity index (χ0n) is 9.26. The van der Waals surface area contributed by atoms with Crippen LogP contribution >= 0.6 is 11.6 Å². The van der Waals surface area contributed by atoms with Gasteiger partial charge >= 0.3 is 5.97 Å². The fourth-order valence-electron chi connectivity index (χ4n) is 2.22. The monoisotopic (exact) mass is 260 g/mol. The van der Waals surface area contributed by atoms with Crippen molar-refractivity contribution in [1.29, 1.82) is 0 Å². The number of carboxylic acid groups (broad SMARTS) is 1. The lowest BCUT2D eigenvalue weighted by atomic mass is 9.88. The van der Waals surface area contributed by atoms with Crippen molar-refractivity contribution < 1.29 is 14.6 Å². The number of carboxylic acids is 1. The number of benzene rings is 2. The smallest absolute Gasteiger partial charge is 0.315 e. The molecule has 90 valence electrons. The number of carbonyl (C=O) groups is 1. The summed E-state index contributed by atoms with van der Waals surface area (Å²) >= 11 is 6.06. The highest BCUT2D eigenvalue weighted by Gasteiger charge is 2.33. The fourth-order valence-corrected chi connectivity index (χ4v) is 2.44. The Morgan fingerprint density at radius 2 is 1.83 bits per heavy atom. The summed E-state index contributed by atoms with van der Waals surface area (Å²) in [7, 11) is 0. The number of rotatable bonds is 1. The van der Waals surface area contributed by atoms with Gasteiger partial charge in [-0.3, -0.25) is 4.79 Å². The van der Waals surface area contributed by atoms with Gasteiger partial charge in [-0.05, 0) is 12.1 Å². The zero-order valence-corrected chi connectivity index (χ0v) is 10.0. The molecule has 0 aliphatic carbocycles. The highest BCUT2D eigenvalue weighted by Crippen LogP contribution is 2.46. The van der Waals surface area contributed by atoms with Gasteiger partial charge in [0.05, 0.1) is 5.02 Å². The van der Waals surface area contributed by atoms with Crippen LogP contribution in [0.25, 0.3) is 0 Å². The van der Waals surface area contributed by atoms with Crippen LogP contribution in [0.15, 0.2) is 42.5 Å². The molecule has 2 aromatic rings. The molecule has 3 rings (SSSR count). The molecule has 0 fully saturated rings. The van der Waals surface area contributed by atoms with Crippen molar-refractivity contribution >= 4 is 17.6 Å². The number of fused-ring (bicyclic) bond motifs is 2. The van der Waals surface area contributed by atoms with Crippen LogP contribution in [0, 0.1) is 0 Å². The third kappa shape index (κ3) is 1.56. The van der Waals surface area contributed by atoms with E-state index in [1.807, 2.05) is 0 Å². The first-order chi connectivity index (χ1) is 8.68. The van der Waals surface area contributed by atoms with Crippen LogP contribution in [0.5, 0.6) is 11.5 Å². The van der Waals surface area contributed by atoms with Crippen molar-refractivity contribution in [2.45, 2.75) is 5.92 Å². The molecule has 1 aliphatic heterocycles. The van der Waals surface area contributed by atoms with Gasteiger partial charge in [-0.25, -0.2) is 0 Å². The highest BCUT2D eigenvalue weighted by molar-refractivity contribution is 6.32. The second-order valence-electron chi connectivity index (χ2n) is 4.07. The van der Waals surface area contributed by atoms with Gasteiger partial charge in [-0.15, -0.1) is 0 Å². The van der Waals surface area contributed by atoms with E-state index in [0.29, 0.717) is 27.6 Å². The Balaban J connectivity index is 2.27. The summed E-state index contributed by atoms with van der Waals surface area (Å²) in [5, 5.41) is 9.85. The summed E-state index contributed by atoms with van der Waals surface area (Å²) < 4.78 is 5.69. The molecular formula is C14H9ClO3. The van der Waals surface area contributed by atoms with Crippen molar-refractivity contribution in [3.05, 3.63) is 58.6 Å². The molecule has 0 saturated carbocycles. The number of para-hydroxylation sites is 2. The van der Waals surface area contributed by atoms with Gasteiger partial charge in [-0.2, -0.15) is 0 Å². The van der Waals surface area contributed by atoms with Crippen LogP contribution in [0.3, 0.4) is 0 Å². The summed E-state index contributed by atoms with van der Waals surface area (Å²) in [6.45, 7) is 0. The zero-order chi connectivity index (χ0) is 12.7. The molecule has 1 atom stereocenters. The number of hydrogen-bond donors (Lipinski definition) is 1. The van der Waals surface area contributed by atoms with Gasteiger partial charge in [0.15, 0.2) is 0 Å². The van der Waals surface area contributed by atoms with Crippen molar-refractivity contribution in [3.63, 3.8) is 0 Å². The summed E-state index contributed by atoms with van der Waals surface area (Å²) in [5.41, 5.74) is 1.24. The lowest BCUT2D eigenvalue weighted by Crippen LogP contribution is -2.18. The number of hydrogen-bond acceptors (Lipinski definition) is 2. The molecular weight excluding hydrogens is 252 g/mol. The first-order valence-electron chi connectivity index (χ1n) is 5.46. The van der Waals surface area contributed by atoms with Crippen molar-refractivity contribution in [3.8, 4) is 11.5 Å². The van der Waals surface area contributed by atoms with Crippen LogP contribution in [-0.4, -0.2) is 11.1 Å². The number of aliphatic carboxylic acids is 1. The van der Waals surface area contributed by atoms with E-state index in [4.69, 9.17) is 16.3 Å². The average molecular weight is 261 g/mol. The predicted octanol–water partition coefficient (Wildman–Crippen LogP) is 3.66. The molecule has 0 amide bonds. The molecule has 0 spiro atoms. The molecule has 0 saturated heterocycles. The van der Waals surface area contributed by atoms with E-state index in [-0.39, 0.29) is 0 Å². The van der Waals surface area contributed by atoms with Crippen LogP contribution < -0.4 is 4.74 Å². The Bertz CT molecular complexity index is 637. The third-order valence-electron chi connectivity index (χ3n) is 3.00. The second-order valence-corrected chi connectivity index (χ2v) is 4.48. The predicted molar refractivity (Wildman–Crippen MR) is 67.4 cm³/mol. The first-order valence-corrected chi connectivity index (χ1v) is 5.84. The Labute approximate surface area is 109 Å². The number of ether oxygens (including phenoxy) is 1. The van der Waals surface area contributed by atoms with Crippen LogP contribution in [0.2, 0.25) is 5.02 Å². The van der Waals surface area contributed by atoms with Gasteiger partial charge in [0.25, 0.3) is 0 Å². The molecule has 2 aromatic carbocycles. The molecule has 1 N–H and O–H groups in total. The van der Waals surface area contributed by atoms with Crippen molar-refractivity contribution in [1.82, 2.24) is 0 Å². The Kier molecular flexibility index (Phi) is 2.49. The molecule has 0 unspecified atom stereocenters. The van der Waals surface area contributed by atoms with E-state index >= 15 is 0 Å². The van der Waals surface area contributed by atoms with Gasteiger partial charge in [0.1, 0.15) is 17.4 Å².